The first kappa shape index (κ1) is 30.9. The summed E-state index contributed by atoms with van der Waals surface area (Å²) in [5, 5.41) is 6.63. The molecule has 3 aliphatic heterocycles. The molecule has 4 heterocycles. The van der Waals surface area contributed by atoms with E-state index in [0.717, 1.165) is 32.1 Å². The number of methoxy groups -OCH3 is 1. The maximum absolute atomic E-state index is 13.7. The second-order valence-electron chi connectivity index (χ2n) is 11.8. The Morgan fingerprint density at radius 2 is 1.98 bits per heavy atom. The predicted octanol–water partition coefficient (Wildman–Crippen LogP) is 4.37. The van der Waals surface area contributed by atoms with Gasteiger partial charge in [0.1, 0.15) is 11.5 Å². The van der Waals surface area contributed by atoms with E-state index in [1.165, 1.54) is 11.6 Å². The fourth-order valence-electron chi connectivity index (χ4n) is 6.26. The van der Waals surface area contributed by atoms with Crippen molar-refractivity contribution in [3.8, 4) is 0 Å². The van der Waals surface area contributed by atoms with Crippen molar-refractivity contribution >= 4 is 11.7 Å². The lowest BCUT2D eigenvalue weighted by Crippen LogP contribution is -2.54. The second-order valence-corrected chi connectivity index (χ2v) is 11.8. The number of carbonyl (C=O) groups excluding carboxylic acids is 1. The van der Waals surface area contributed by atoms with E-state index in [1.807, 2.05) is 0 Å². The summed E-state index contributed by atoms with van der Waals surface area (Å²) in [6.45, 7) is 4.43. The van der Waals surface area contributed by atoms with Crippen molar-refractivity contribution in [3.63, 3.8) is 0 Å². The lowest BCUT2D eigenvalue weighted by atomic mass is 9.87. The van der Waals surface area contributed by atoms with Crippen LogP contribution in [0.1, 0.15) is 68.2 Å². The molecule has 42 heavy (non-hydrogen) atoms. The van der Waals surface area contributed by atoms with Gasteiger partial charge in [-0.2, -0.15) is 13.2 Å². The SMILES string of the molecule is CO[C@@H]1COCC[C@@H]1NC1CCN(C(=O)c2cc(NC[C@H]3CCC[C@@H](C4C=CC(C)=CC4)O3)nc(C(F)(F)F)n2)CC1. The highest BCUT2D eigenvalue weighted by atomic mass is 19.4. The van der Waals surface area contributed by atoms with Crippen LogP contribution < -0.4 is 10.6 Å². The van der Waals surface area contributed by atoms with Crippen LogP contribution in [0, 0.1) is 5.92 Å². The third-order valence-corrected chi connectivity index (χ3v) is 8.73. The van der Waals surface area contributed by atoms with Crippen LogP contribution in [-0.4, -0.2) is 91.1 Å². The van der Waals surface area contributed by atoms with E-state index in [1.54, 1.807) is 12.0 Å². The lowest BCUT2D eigenvalue weighted by Gasteiger charge is -2.38. The maximum Gasteiger partial charge on any atom is 0.451 e. The zero-order valence-corrected chi connectivity index (χ0v) is 24.4. The van der Waals surface area contributed by atoms with Crippen LogP contribution in [0.25, 0.3) is 0 Å². The van der Waals surface area contributed by atoms with E-state index in [9.17, 15) is 18.0 Å². The van der Waals surface area contributed by atoms with Crippen LogP contribution in [0.5, 0.6) is 0 Å². The Hall–Kier alpha value is -2.54. The van der Waals surface area contributed by atoms with Gasteiger partial charge < -0.3 is 29.7 Å². The summed E-state index contributed by atoms with van der Waals surface area (Å²) in [4.78, 5) is 22.2. The number of nitrogens with zero attached hydrogens (tertiary/aromatic N) is 3. The minimum absolute atomic E-state index is 0.0239. The van der Waals surface area contributed by atoms with Crippen LogP contribution in [-0.2, 0) is 20.4 Å². The molecule has 1 aliphatic carbocycles. The number of hydrogen-bond donors (Lipinski definition) is 2. The minimum Gasteiger partial charge on any atom is -0.379 e. The van der Waals surface area contributed by atoms with Gasteiger partial charge in [-0.25, -0.2) is 9.97 Å². The molecule has 3 fully saturated rings. The summed E-state index contributed by atoms with van der Waals surface area (Å²) < 4.78 is 58.5. The third-order valence-electron chi connectivity index (χ3n) is 8.73. The molecule has 0 spiro atoms. The van der Waals surface area contributed by atoms with E-state index in [2.05, 4.69) is 45.8 Å². The summed E-state index contributed by atoms with van der Waals surface area (Å²) in [5.41, 5.74) is 0.984. The molecule has 0 bridgehead atoms. The van der Waals surface area contributed by atoms with Gasteiger partial charge in [0, 0.05) is 57.4 Å². The summed E-state index contributed by atoms with van der Waals surface area (Å²) in [5.74, 6) is -1.57. The van der Waals surface area contributed by atoms with Crippen LogP contribution in [0.3, 0.4) is 0 Å². The molecule has 2 N–H and O–H groups in total. The molecule has 1 unspecified atom stereocenters. The Bertz CT molecular complexity index is 1140. The van der Waals surface area contributed by atoms with Crippen LogP contribution >= 0.6 is 0 Å². The standard InChI is InChI=1S/C30H42F3N5O4/c1-19-6-8-20(9-7-19)25-5-3-4-22(42-25)17-34-27-16-24(36-29(37-27)30(31,32)33)28(39)38-13-10-21(11-14-38)35-23-12-15-41-18-26(23)40-2/h6-8,16,20-23,25-26,35H,3-5,9-15,17-18H2,1-2H3,(H,34,36,37)/t20?,22-,23+,25+,26-/m1/s1. The summed E-state index contributed by atoms with van der Waals surface area (Å²) in [7, 11) is 1.67. The topological polar surface area (TPSA) is 97.8 Å². The molecule has 0 aromatic carbocycles. The summed E-state index contributed by atoms with van der Waals surface area (Å²) in [6, 6.07) is 1.68. The Morgan fingerprint density at radius 3 is 2.69 bits per heavy atom. The zero-order valence-electron chi connectivity index (χ0n) is 24.4. The molecule has 232 valence electrons. The van der Waals surface area contributed by atoms with Crippen molar-refractivity contribution in [2.24, 2.45) is 5.92 Å². The molecule has 9 nitrogen and oxygen atoms in total. The average molecular weight is 594 g/mol. The van der Waals surface area contributed by atoms with Crippen molar-refractivity contribution in [1.82, 2.24) is 20.2 Å². The highest BCUT2D eigenvalue weighted by Crippen LogP contribution is 2.31. The average Bonchev–Trinajstić information content (AvgIpc) is 3.00. The molecule has 5 atom stereocenters. The predicted molar refractivity (Wildman–Crippen MR) is 151 cm³/mol. The van der Waals surface area contributed by atoms with Gasteiger partial charge in [-0.1, -0.05) is 23.8 Å². The third kappa shape index (κ3) is 7.89. The van der Waals surface area contributed by atoms with Gasteiger partial charge in [0.25, 0.3) is 5.91 Å². The van der Waals surface area contributed by atoms with Gasteiger partial charge >= 0.3 is 6.18 Å². The molecular formula is C30H42F3N5O4. The number of anilines is 1. The van der Waals surface area contributed by atoms with Crippen LogP contribution in [0.4, 0.5) is 19.0 Å². The molecule has 5 rings (SSSR count). The normalized spacial score (nSPS) is 29.3. The fraction of sp³-hybridized carbons (Fsp3) is 0.700. The number of likely N-dealkylation sites (tertiary alicyclic amines) is 1. The highest BCUT2D eigenvalue weighted by Gasteiger charge is 2.37. The van der Waals surface area contributed by atoms with E-state index >= 15 is 0 Å². The van der Waals surface area contributed by atoms with Crippen molar-refractivity contribution in [2.75, 3.05) is 45.3 Å². The molecule has 0 saturated carbocycles. The Kier molecular flexibility index (Phi) is 10.2. The number of ether oxygens (including phenoxy) is 3. The number of piperidine rings is 1. The molecule has 4 aliphatic rings. The molecule has 1 amide bonds. The molecule has 0 radical (unpaired) electrons. The largest absolute Gasteiger partial charge is 0.451 e. The monoisotopic (exact) mass is 593 g/mol. The zero-order chi connectivity index (χ0) is 29.7. The number of rotatable bonds is 8. The molecule has 3 saturated heterocycles. The van der Waals surface area contributed by atoms with Crippen molar-refractivity contribution in [3.05, 3.63) is 41.4 Å². The van der Waals surface area contributed by atoms with Crippen molar-refractivity contribution < 1.29 is 32.2 Å². The lowest BCUT2D eigenvalue weighted by molar-refractivity contribution is -0.144. The molecule has 1 aromatic rings. The van der Waals surface area contributed by atoms with Gasteiger partial charge in [0.2, 0.25) is 5.82 Å². The van der Waals surface area contributed by atoms with Gasteiger partial charge in [-0.15, -0.1) is 0 Å². The molecule has 1 aromatic heterocycles. The van der Waals surface area contributed by atoms with E-state index in [0.29, 0.717) is 51.6 Å². The van der Waals surface area contributed by atoms with Gasteiger partial charge in [-0.05, 0) is 51.9 Å². The second kappa shape index (κ2) is 13.8. The van der Waals surface area contributed by atoms with E-state index < -0.39 is 17.9 Å². The number of allylic oxidation sites excluding steroid dienone is 3. The highest BCUT2D eigenvalue weighted by molar-refractivity contribution is 5.93. The Morgan fingerprint density at radius 1 is 1.17 bits per heavy atom. The number of amides is 1. The van der Waals surface area contributed by atoms with E-state index in [4.69, 9.17) is 14.2 Å². The minimum atomic E-state index is -4.78. The number of aromatic nitrogens is 2. The van der Waals surface area contributed by atoms with Crippen LogP contribution in [0.2, 0.25) is 0 Å². The number of hydrogen-bond acceptors (Lipinski definition) is 8. The Balaban J connectivity index is 1.19. The summed E-state index contributed by atoms with van der Waals surface area (Å²) in [6.07, 6.45) is 7.50. The number of alkyl halides is 3. The first-order valence-corrected chi connectivity index (χ1v) is 15.1. The van der Waals surface area contributed by atoms with Gasteiger partial charge in [0.05, 0.1) is 24.9 Å². The first-order valence-electron chi connectivity index (χ1n) is 15.1. The first-order chi connectivity index (χ1) is 20.2. The quantitative estimate of drug-likeness (QED) is 0.459. The van der Waals surface area contributed by atoms with Gasteiger partial charge in [-0.3, -0.25) is 4.79 Å². The molecule has 12 heteroatoms. The van der Waals surface area contributed by atoms with Crippen molar-refractivity contribution in [2.45, 2.75) is 88.4 Å². The number of halogens is 3. The van der Waals surface area contributed by atoms with Crippen LogP contribution in [0.15, 0.2) is 29.9 Å². The number of nitrogens with one attached hydrogen (secondary N) is 2. The van der Waals surface area contributed by atoms with E-state index in [-0.39, 0.29) is 41.9 Å². The smallest absolute Gasteiger partial charge is 0.379 e. The number of carbonyl (C=O) groups is 1. The maximum atomic E-state index is 13.7. The summed E-state index contributed by atoms with van der Waals surface area (Å²) >= 11 is 0. The van der Waals surface area contributed by atoms with Gasteiger partial charge in [0.15, 0.2) is 0 Å². The molecular weight excluding hydrogens is 551 g/mol. The fourth-order valence-corrected chi connectivity index (χ4v) is 6.26. The van der Waals surface area contributed by atoms with Crippen molar-refractivity contribution in [1.29, 1.82) is 0 Å². The Labute approximate surface area is 245 Å².